The largest absolute Gasteiger partial charge is 0.348 e. The average molecular weight is 346 g/mol. The summed E-state index contributed by atoms with van der Waals surface area (Å²) < 4.78 is 22.5. The number of nitrogens with one attached hydrogen (secondary N) is 1. The van der Waals surface area contributed by atoms with Crippen LogP contribution in [-0.2, 0) is 16.6 Å². The molecular weight excluding hydrogens is 324 g/mol. The predicted octanol–water partition coefficient (Wildman–Crippen LogP) is 2.70. The van der Waals surface area contributed by atoms with Crippen LogP contribution in [0.5, 0.6) is 0 Å². The number of hydrogen-bond donors (Lipinski definition) is 2. The van der Waals surface area contributed by atoms with E-state index in [4.69, 9.17) is 5.14 Å². The van der Waals surface area contributed by atoms with Crippen LogP contribution in [0.1, 0.15) is 46.8 Å². The Bertz CT molecular complexity index is 841. The average Bonchev–Trinajstić information content (AvgIpc) is 2.52. The van der Waals surface area contributed by atoms with E-state index in [1.807, 2.05) is 25.1 Å². The highest BCUT2D eigenvalue weighted by molar-refractivity contribution is 7.89. The fraction of sp³-hybridized carbons (Fsp3) is 0.278. The highest BCUT2D eigenvalue weighted by Gasteiger charge is 2.12. The van der Waals surface area contributed by atoms with Crippen molar-refractivity contribution < 1.29 is 13.2 Å². The molecule has 0 unspecified atom stereocenters. The Hall–Kier alpha value is -2.18. The van der Waals surface area contributed by atoms with Crippen molar-refractivity contribution >= 4 is 15.9 Å². The van der Waals surface area contributed by atoms with Crippen molar-refractivity contribution in [2.75, 3.05) is 0 Å². The van der Waals surface area contributed by atoms with Gasteiger partial charge in [0, 0.05) is 12.1 Å². The van der Waals surface area contributed by atoms with Crippen LogP contribution in [0.4, 0.5) is 0 Å². The first-order valence-electron chi connectivity index (χ1n) is 7.69. The number of primary sulfonamides is 1. The van der Waals surface area contributed by atoms with E-state index in [-0.39, 0.29) is 10.8 Å². The Kier molecular flexibility index (Phi) is 5.41. The minimum atomic E-state index is -3.70. The molecule has 2 aromatic carbocycles. The summed E-state index contributed by atoms with van der Waals surface area (Å²) in [5.74, 6) is 0.202. The van der Waals surface area contributed by atoms with Gasteiger partial charge in [0.05, 0.1) is 4.90 Å². The maximum Gasteiger partial charge on any atom is 0.251 e. The Balaban J connectivity index is 2.09. The molecular formula is C18H22N2O3S. The molecule has 0 bridgehead atoms. The number of aryl methyl sites for hydroxylation is 1. The molecule has 0 aliphatic heterocycles. The van der Waals surface area contributed by atoms with Crippen LogP contribution in [0, 0.1) is 6.92 Å². The summed E-state index contributed by atoms with van der Waals surface area (Å²) in [6.45, 7) is 6.38. The highest BCUT2D eigenvalue weighted by Crippen LogP contribution is 2.18. The Morgan fingerprint density at radius 2 is 1.75 bits per heavy atom. The Labute approximate surface area is 142 Å². The van der Waals surface area contributed by atoms with Crippen molar-refractivity contribution in [1.29, 1.82) is 0 Å². The number of carbonyl (C=O) groups is 1. The lowest BCUT2D eigenvalue weighted by atomic mass is 9.97. The van der Waals surface area contributed by atoms with Gasteiger partial charge in [-0.1, -0.05) is 38.1 Å². The second-order valence-electron chi connectivity index (χ2n) is 6.10. The molecule has 2 aromatic rings. The maximum absolute atomic E-state index is 12.4. The first-order chi connectivity index (χ1) is 11.2. The molecule has 3 N–H and O–H groups in total. The lowest BCUT2D eigenvalue weighted by molar-refractivity contribution is 0.0950. The number of amides is 1. The highest BCUT2D eigenvalue weighted by atomic mass is 32.2. The van der Waals surface area contributed by atoms with Crippen LogP contribution in [0.25, 0.3) is 0 Å². The predicted molar refractivity (Wildman–Crippen MR) is 94.3 cm³/mol. The molecule has 24 heavy (non-hydrogen) atoms. The van der Waals surface area contributed by atoms with E-state index >= 15 is 0 Å². The van der Waals surface area contributed by atoms with Gasteiger partial charge >= 0.3 is 0 Å². The third-order valence-electron chi connectivity index (χ3n) is 3.88. The van der Waals surface area contributed by atoms with Gasteiger partial charge in [-0.25, -0.2) is 13.6 Å². The number of benzene rings is 2. The van der Waals surface area contributed by atoms with E-state index in [2.05, 4.69) is 19.2 Å². The standard InChI is InChI=1S/C18H22N2O3S/c1-12(2)15-7-4-13(3)17(10-15)18(21)20-11-14-5-8-16(9-6-14)24(19,22)23/h4-10,12H,11H2,1-3H3,(H,20,21)(H2,19,22,23). The van der Waals surface area contributed by atoms with Gasteiger partial charge in [-0.15, -0.1) is 0 Å². The zero-order valence-corrected chi connectivity index (χ0v) is 14.9. The van der Waals surface area contributed by atoms with Crippen LogP contribution < -0.4 is 10.5 Å². The van der Waals surface area contributed by atoms with Crippen LogP contribution >= 0.6 is 0 Å². The fourth-order valence-electron chi connectivity index (χ4n) is 2.32. The first kappa shape index (κ1) is 18.2. The van der Waals surface area contributed by atoms with Crippen molar-refractivity contribution in [3.05, 3.63) is 64.7 Å². The molecule has 0 heterocycles. The molecule has 0 aliphatic rings. The Morgan fingerprint density at radius 3 is 2.29 bits per heavy atom. The summed E-state index contributed by atoms with van der Waals surface area (Å²) >= 11 is 0. The van der Waals surface area contributed by atoms with E-state index in [1.54, 1.807) is 12.1 Å². The molecule has 0 atom stereocenters. The molecule has 6 heteroatoms. The topological polar surface area (TPSA) is 89.3 Å². The molecule has 128 valence electrons. The van der Waals surface area contributed by atoms with Gasteiger partial charge in [-0.05, 0) is 47.7 Å². The molecule has 0 radical (unpaired) electrons. The van der Waals surface area contributed by atoms with Gasteiger partial charge in [0.15, 0.2) is 0 Å². The van der Waals surface area contributed by atoms with Crippen molar-refractivity contribution in [3.63, 3.8) is 0 Å². The van der Waals surface area contributed by atoms with Crippen LogP contribution in [0.15, 0.2) is 47.4 Å². The molecule has 5 nitrogen and oxygen atoms in total. The number of rotatable bonds is 5. The summed E-state index contributed by atoms with van der Waals surface area (Å²) in [4.78, 5) is 12.5. The lowest BCUT2D eigenvalue weighted by Crippen LogP contribution is -2.24. The second kappa shape index (κ2) is 7.15. The molecule has 0 saturated carbocycles. The molecule has 0 fully saturated rings. The van der Waals surface area contributed by atoms with E-state index in [9.17, 15) is 13.2 Å². The minimum absolute atomic E-state index is 0.0538. The molecule has 0 aromatic heterocycles. The number of nitrogens with two attached hydrogens (primary N) is 1. The number of carbonyl (C=O) groups excluding carboxylic acids is 1. The van der Waals surface area contributed by atoms with Gasteiger partial charge in [0.25, 0.3) is 5.91 Å². The summed E-state index contributed by atoms with van der Waals surface area (Å²) in [5.41, 5.74) is 3.49. The molecule has 1 amide bonds. The first-order valence-corrected chi connectivity index (χ1v) is 9.23. The summed E-state index contributed by atoms with van der Waals surface area (Å²) in [6, 6.07) is 12.0. The zero-order chi connectivity index (χ0) is 17.9. The smallest absolute Gasteiger partial charge is 0.251 e. The van der Waals surface area contributed by atoms with Gasteiger partial charge in [-0.3, -0.25) is 4.79 Å². The van der Waals surface area contributed by atoms with E-state index in [1.165, 1.54) is 12.1 Å². The Morgan fingerprint density at radius 1 is 1.12 bits per heavy atom. The summed E-state index contributed by atoms with van der Waals surface area (Å²) in [7, 11) is -3.70. The van der Waals surface area contributed by atoms with Crippen LogP contribution in [0.3, 0.4) is 0 Å². The SMILES string of the molecule is Cc1ccc(C(C)C)cc1C(=O)NCc1ccc(S(N)(=O)=O)cc1. The minimum Gasteiger partial charge on any atom is -0.348 e. The molecule has 0 spiro atoms. The lowest BCUT2D eigenvalue weighted by Gasteiger charge is -2.12. The van der Waals surface area contributed by atoms with Crippen LogP contribution in [-0.4, -0.2) is 14.3 Å². The third-order valence-corrected chi connectivity index (χ3v) is 4.81. The zero-order valence-electron chi connectivity index (χ0n) is 14.0. The van der Waals surface area contributed by atoms with E-state index in [0.29, 0.717) is 18.0 Å². The number of hydrogen-bond acceptors (Lipinski definition) is 3. The number of sulfonamides is 1. The van der Waals surface area contributed by atoms with E-state index < -0.39 is 10.0 Å². The fourth-order valence-corrected chi connectivity index (χ4v) is 2.83. The molecule has 0 saturated heterocycles. The maximum atomic E-state index is 12.4. The third kappa shape index (κ3) is 4.43. The quantitative estimate of drug-likeness (QED) is 0.872. The van der Waals surface area contributed by atoms with Gasteiger partial charge in [0.1, 0.15) is 0 Å². The van der Waals surface area contributed by atoms with Crippen LogP contribution in [0.2, 0.25) is 0 Å². The van der Waals surface area contributed by atoms with Crippen molar-refractivity contribution in [2.45, 2.75) is 38.1 Å². The van der Waals surface area contributed by atoms with E-state index in [0.717, 1.165) is 16.7 Å². The second-order valence-corrected chi connectivity index (χ2v) is 7.66. The van der Waals surface area contributed by atoms with Gasteiger partial charge in [-0.2, -0.15) is 0 Å². The monoisotopic (exact) mass is 346 g/mol. The van der Waals surface area contributed by atoms with Gasteiger partial charge in [0.2, 0.25) is 10.0 Å². The van der Waals surface area contributed by atoms with Crippen molar-refractivity contribution in [3.8, 4) is 0 Å². The normalized spacial score (nSPS) is 11.5. The van der Waals surface area contributed by atoms with Crippen molar-refractivity contribution in [1.82, 2.24) is 5.32 Å². The summed E-state index contributed by atoms with van der Waals surface area (Å²) in [5, 5.41) is 7.92. The summed E-state index contributed by atoms with van der Waals surface area (Å²) in [6.07, 6.45) is 0. The molecule has 2 rings (SSSR count). The van der Waals surface area contributed by atoms with Crippen molar-refractivity contribution in [2.24, 2.45) is 5.14 Å². The molecule has 0 aliphatic carbocycles. The van der Waals surface area contributed by atoms with Gasteiger partial charge < -0.3 is 5.32 Å².